The summed E-state index contributed by atoms with van der Waals surface area (Å²) in [7, 11) is -3.81. The molecule has 176 valence electrons. The van der Waals surface area contributed by atoms with Gasteiger partial charge in [-0.15, -0.1) is 0 Å². The summed E-state index contributed by atoms with van der Waals surface area (Å²) in [6, 6.07) is 14.5. The van der Waals surface area contributed by atoms with Crippen molar-refractivity contribution in [3.63, 3.8) is 0 Å². The van der Waals surface area contributed by atoms with E-state index < -0.39 is 16.1 Å². The molecule has 0 bridgehead atoms. The van der Waals surface area contributed by atoms with E-state index in [-0.39, 0.29) is 10.8 Å². The highest BCUT2D eigenvalue weighted by Crippen LogP contribution is 2.35. The highest BCUT2D eigenvalue weighted by Gasteiger charge is 2.42. The monoisotopic (exact) mass is 470 g/mol. The van der Waals surface area contributed by atoms with E-state index in [1.54, 1.807) is 6.07 Å². The summed E-state index contributed by atoms with van der Waals surface area (Å²) in [6.07, 6.45) is 4.17. The van der Waals surface area contributed by atoms with Crippen molar-refractivity contribution in [1.82, 2.24) is 9.21 Å². The van der Waals surface area contributed by atoms with Crippen LogP contribution in [0.1, 0.15) is 31.2 Å². The van der Waals surface area contributed by atoms with Crippen LogP contribution < -0.4 is 9.47 Å². The molecule has 33 heavy (non-hydrogen) atoms. The number of piperidine rings is 1. The van der Waals surface area contributed by atoms with Gasteiger partial charge in [0, 0.05) is 25.7 Å². The van der Waals surface area contributed by atoms with Gasteiger partial charge >= 0.3 is 0 Å². The van der Waals surface area contributed by atoms with E-state index in [0.717, 1.165) is 19.3 Å². The number of hydrogen-bond donors (Lipinski definition) is 0. The molecule has 3 aliphatic heterocycles. The Bertz CT molecular complexity index is 1100. The smallest absolute Gasteiger partial charge is 0.243 e. The van der Waals surface area contributed by atoms with E-state index in [2.05, 4.69) is 24.3 Å². The summed E-state index contributed by atoms with van der Waals surface area (Å²) in [5, 5.41) is 0. The minimum atomic E-state index is -3.81. The largest absolute Gasteiger partial charge is 0.486 e. The molecule has 3 heterocycles. The zero-order valence-electron chi connectivity index (χ0n) is 18.7. The van der Waals surface area contributed by atoms with Gasteiger partial charge in [0.2, 0.25) is 15.9 Å². The highest BCUT2D eigenvalue weighted by atomic mass is 32.2. The minimum Gasteiger partial charge on any atom is -0.486 e. The zero-order valence-corrected chi connectivity index (χ0v) is 19.5. The average molecular weight is 471 g/mol. The number of rotatable bonds is 5. The number of sulfonamides is 1. The molecule has 0 radical (unpaired) electrons. The molecule has 1 amide bonds. The first-order valence-electron chi connectivity index (χ1n) is 11.8. The molecule has 2 aromatic rings. The van der Waals surface area contributed by atoms with E-state index in [1.165, 1.54) is 22.0 Å². The van der Waals surface area contributed by atoms with Crippen LogP contribution in [0.3, 0.4) is 0 Å². The SMILES string of the molecule is O=C(C1CCCN1S(=O)(=O)c1ccc2c(c1)OCCO2)N1CCC(Cc2ccccc2)CC1. The Balaban J connectivity index is 1.25. The molecule has 5 rings (SSSR count). The molecule has 1 atom stereocenters. The minimum absolute atomic E-state index is 0.0632. The Labute approximate surface area is 195 Å². The van der Waals surface area contributed by atoms with E-state index in [4.69, 9.17) is 9.47 Å². The number of amides is 1. The number of ether oxygens (including phenoxy) is 2. The van der Waals surface area contributed by atoms with Crippen molar-refractivity contribution < 1.29 is 22.7 Å². The Morgan fingerprint density at radius 3 is 2.39 bits per heavy atom. The van der Waals surface area contributed by atoms with Gasteiger partial charge in [-0.25, -0.2) is 8.42 Å². The van der Waals surface area contributed by atoms with Gasteiger partial charge in [0.25, 0.3) is 0 Å². The Kier molecular flexibility index (Phi) is 6.29. The third-order valence-electron chi connectivity index (χ3n) is 6.90. The van der Waals surface area contributed by atoms with Crippen molar-refractivity contribution in [3.8, 4) is 11.5 Å². The number of nitrogens with zero attached hydrogens (tertiary/aromatic N) is 2. The van der Waals surface area contributed by atoms with Crippen LogP contribution in [-0.2, 0) is 21.2 Å². The van der Waals surface area contributed by atoms with Crippen LogP contribution in [0.2, 0.25) is 0 Å². The second-order valence-corrected chi connectivity index (χ2v) is 10.9. The molecule has 2 saturated heterocycles. The molecule has 2 fully saturated rings. The molecule has 0 spiro atoms. The van der Waals surface area contributed by atoms with Gasteiger partial charge in [-0.1, -0.05) is 30.3 Å². The fourth-order valence-electron chi connectivity index (χ4n) is 5.11. The highest BCUT2D eigenvalue weighted by molar-refractivity contribution is 7.89. The third kappa shape index (κ3) is 4.59. The maximum atomic E-state index is 13.4. The van der Waals surface area contributed by atoms with Crippen LogP contribution in [-0.4, -0.2) is 62.4 Å². The van der Waals surface area contributed by atoms with Gasteiger partial charge in [0.15, 0.2) is 11.5 Å². The summed E-state index contributed by atoms with van der Waals surface area (Å²) in [6.45, 7) is 2.57. The number of fused-ring (bicyclic) bond motifs is 1. The van der Waals surface area contributed by atoms with Gasteiger partial charge in [-0.2, -0.15) is 4.31 Å². The van der Waals surface area contributed by atoms with Crippen molar-refractivity contribution in [2.45, 2.75) is 43.0 Å². The molecule has 0 N–H and O–H groups in total. The molecule has 8 heteroatoms. The van der Waals surface area contributed by atoms with Crippen molar-refractivity contribution in [1.29, 1.82) is 0 Å². The summed E-state index contributed by atoms with van der Waals surface area (Å²) < 4.78 is 39.3. The first-order chi connectivity index (χ1) is 16.0. The van der Waals surface area contributed by atoms with Crippen LogP contribution in [0, 0.1) is 5.92 Å². The standard InChI is InChI=1S/C25H30N2O5S/c28-25(26-13-10-20(11-14-26)17-19-5-2-1-3-6-19)22-7-4-12-27(22)33(29,30)21-8-9-23-24(18-21)32-16-15-31-23/h1-3,5-6,8-9,18,20,22H,4,7,10-17H2. The third-order valence-corrected chi connectivity index (χ3v) is 8.81. The Hall–Kier alpha value is -2.58. The summed E-state index contributed by atoms with van der Waals surface area (Å²) >= 11 is 0. The number of carbonyl (C=O) groups is 1. The van der Waals surface area contributed by atoms with Gasteiger partial charge in [-0.05, 0) is 55.7 Å². The molecule has 0 saturated carbocycles. The molecule has 7 nitrogen and oxygen atoms in total. The summed E-state index contributed by atoms with van der Waals surface area (Å²) in [5.74, 6) is 1.47. The molecule has 1 unspecified atom stereocenters. The van der Waals surface area contributed by atoms with Gasteiger partial charge < -0.3 is 14.4 Å². The van der Waals surface area contributed by atoms with Crippen LogP contribution in [0.25, 0.3) is 0 Å². The average Bonchev–Trinajstić information content (AvgIpc) is 3.35. The molecule has 0 aromatic heterocycles. The Morgan fingerprint density at radius 1 is 0.909 bits per heavy atom. The lowest BCUT2D eigenvalue weighted by atomic mass is 9.90. The topological polar surface area (TPSA) is 76.2 Å². The fraction of sp³-hybridized carbons (Fsp3) is 0.480. The predicted molar refractivity (Wildman–Crippen MR) is 124 cm³/mol. The van der Waals surface area contributed by atoms with Crippen LogP contribution in [0.15, 0.2) is 53.4 Å². The van der Waals surface area contributed by atoms with E-state index in [1.807, 2.05) is 11.0 Å². The van der Waals surface area contributed by atoms with Crippen LogP contribution in [0.4, 0.5) is 0 Å². The Morgan fingerprint density at radius 2 is 1.64 bits per heavy atom. The fourth-order valence-corrected chi connectivity index (χ4v) is 6.78. The number of likely N-dealkylation sites (tertiary alicyclic amines) is 1. The van der Waals surface area contributed by atoms with Gasteiger partial charge in [0.05, 0.1) is 4.90 Å². The number of hydrogen-bond acceptors (Lipinski definition) is 5. The number of benzene rings is 2. The second kappa shape index (κ2) is 9.35. The van der Waals surface area contributed by atoms with Crippen molar-refractivity contribution in [2.75, 3.05) is 32.8 Å². The molecule has 0 aliphatic carbocycles. The summed E-state index contributed by atoms with van der Waals surface area (Å²) in [5.41, 5.74) is 1.33. The van der Waals surface area contributed by atoms with Crippen molar-refractivity contribution in [2.24, 2.45) is 5.92 Å². The molecule has 3 aliphatic rings. The zero-order chi connectivity index (χ0) is 22.8. The lowest BCUT2D eigenvalue weighted by Crippen LogP contribution is -2.50. The first-order valence-corrected chi connectivity index (χ1v) is 13.2. The lowest BCUT2D eigenvalue weighted by Gasteiger charge is -2.35. The van der Waals surface area contributed by atoms with E-state index >= 15 is 0 Å². The molecule has 2 aromatic carbocycles. The maximum absolute atomic E-state index is 13.4. The molecular weight excluding hydrogens is 440 g/mol. The van der Waals surface area contributed by atoms with Crippen LogP contribution in [0.5, 0.6) is 11.5 Å². The van der Waals surface area contributed by atoms with E-state index in [0.29, 0.717) is 63.1 Å². The normalized spacial score (nSPS) is 21.8. The lowest BCUT2D eigenvalue weighted by molar-refractivity contribution is -0.136. The van der Waals surface area contributed by atoms with Crippen LogP contribution >= 0.6 is 0 Å². The van der Waals surface area contributed by atoms with Gasteiger partial charge in [-0.3, -0.25) is 4.79 Å². The predicted octanol–water partition coefficient (Wildman–Crippen LogP) is 3.09. The maximum Gasteiger partial charge on any atom is 0.243 e. The summed E-state index contributed by atoms with van der Waals surface area (Å²) in [4.78, 5) is 15.4. The second-order valence-electron chi connectivity index (χ2n) is 9.04. The quantitative estimate of drug-likeness (QED) is 0.671. The molecular formula is C25H30N2O5S. The van der Waals surface area contributed by atoms with Crippen molar-refractivity contribution in [3.05, 3.63) is 54.1 Å². The first kappa shape index (κ1) is 22.2. The van der Waals surface area contributed by atoms with Gasteiger partial charge in [0.1, 0.15) is 19.3 Å². The number of carbonyl (C=O) groups excluding carboxylic acids is 1. The van der Waals surface area contributed by atoms with Crippen molar-refractivity contribution >= 4 is 15.9 Å². The van der Waals surface area contributed by atoms with E-state index in [9.17, 15) is 13.2 Å².